The summed E-state index contributed by atoms with van der Waals surface area (Å²) in [6.45, 7) is 7.47. The van der Waals surface area contributed by atoms with Gasteiger partial charge in [-0.2, -0.15) is 0 Å². The Morgan fingerprint density at radius 2 is 1.91 bits per heavy atom. The van der Waals surface area contributed by atoms with Crippen molar-refractivity contribution in [2.45, 2.75) is 13.5 Å². The number of nitrogens with zero attached hydrogens (tertiary/aromatic N) is 3. The number of benzene rings is 1. The number of nitrogens with one attached hydrogen (secondary N) is 1. The van der Waals surface area contributed by atoms with Crippen molar-refractivity contribution in [3.05, 3.63) is 60.0 Å². The van der Waals surface area contributed by atoms with Gasteiger partial charge in [0.15, 0.2) is 0 Å². The van der Waals surface area contributed by atoms with E-state index in [1.807, 2.05) is 12.4 Å². The summed E-state index contributed by atoms with van der Waals surface area (Å²) < 4.78 is 0. The fourth-order valence-corrected chi connectivity index (χ4v) is 3.43. The molecule has 0 radical (unpaired) electrons. The van der Waals surface area contributed by atoms with Gasteiger partial charge in [-0.05, 0) is 36.1 Å². The zero-order valence-corrected chi connectivity index (χ0v) is 13.5. The van der Waals surface area contributed by atoms with E-state index < -0.39 is 0 Å². The molecule has 4 rings (SSSR count). The third-order valence-electron chi connectivity index (χ3n) is 4.68. The summed E-state index contributed by atoms with van der Waals surface area (Å²) in [5.41, 5.74) is 5.12. The number of hydrogen-bond donors (Lipinski definition) is 1. The molecular formula is C19H22N4. The minimum Gasteiger partial charge on any atom is -0.369 e. The molecule has 4 heteroatoms. The van der Waals surface area contributed by atoms with E-state index in [1.54, 1.807) is 0 Å². The van der Waals surface area contributed by atoms with Crippen LogP contribution in [0.25, 0.3) is 10.9 Å². The summed E-state index contributed by atoms with van der Waals surface area (Å²) in [6.07, 6.45) is 3.84. The Kier molecular flexibility index (Phi) is 3.75. The van der Waals surface area contributed by atoms with Crippen LogP contribution in [0.15, 0.2) is 48.8 Å². The Bertz CT molecular complexity index is 767. The molecule has 1 aliphatic rings. The maximum Gasteiger partial charge on any atom is 0.0456 e. The van der Waals surface area contributed by atoms with Crippen molar-refractivity contribution in [2.24, 2.45) is 0 Å². The molecule has 118 valence electrons. The fourth-order valence-electron chi connectivity index (χ4n) is 3.43. The van der Waals surface area contributed by atoms with E-state index in [9.17, 15) is 0 Å². The summed E-state index contributed by atoms with van der Waals surface area (Å²) in [5, 5.41) is 1.30. The van der Waals surface area contributed by atoms with Crippen molar-refractivity contribution in [3.63, 3.8) is 0 Å². The van der Waals surface area contributed by atoms with E-state index in [-0.39, 0.29) is 0 Å². The summed E-state index contributed by atoms with van der Waals surface area (Å²) in [4.78, 5) is 12.7. The highest BCUT2D eigenvalue weighted by Crippen LogP contribution is 2.21. The van der Waals surface area contributed by atoms with Gasteiger partial charge in [-0.25, -0.2) is 0 Å². The molecule has 0 amide bonds. The molecule has 1 saturated heterocycles. The lowest BCUT2D eigenvalue weighted by atomic mass is 10.2. The SMILES string of the molecule is Cc1cnccc1N1CCN(Cc2cc3ccccc3[nH]2)CC1. The maximum absolute atomic E-state index is 4.19. The molecule has 0 bridgehead atoms. The Balaban J connectivity index is 1.41. The van der Waals surface area contributed by atoms with Crippen LogP contribution >= 0.6 is 0 Å². The molecule has 1 fully saturated rings. The van der Waals surface area contributed by atoms with Crippen LogP contribution in [0.4, 0.5) is 5.69 Å². The molecule has 0 saturated carbocycles. The van der Waals surface area contributed by atoms with E-state index >= 15 is 0 Å². The molecule has 3 aromatic rings. The monoisotopic (exact) mass is 306 g/mol. The van der Waals surface area contributed by atoms with Gasteiger partial charge in [-0.1, -0.05) is 18.2 Å². The number of rotatable bonds is 3. The average molecular weight is 306 g/mol. The van der Waals surface area contributed by atoms with Crippen LogP contribution in [-0.2, 0) is 6.54 Å². The molecule has 1 aliphatic heterocycles. The molecule has 2 aromatic heterocycles. The van der Waals surface area contributed by atoms with Gasteiger partial charge in [0.1, 0.15) is 0 Å². The van der Waals surface area contributed by atoms with Crippen LogP contribution in [-0.4, -0.2) is 41.0 Å². The molecule has 0 unspecified atom stereocenters. The number of aryl methyl sites for hydroxylation is 1. The quantitative estimate of drug-likeness (QED) is 0.807. The van der Waals surface area contributed by atoms with Crippen LogP contribution in [0, 0.1) is 6.92 Å². The number of anilines is 1. The second-order valence-electron chi connectivity index (χ2n) is 6.31. The molecule has 4 nitrogen and oxygen atoms in total. The van der Waals surface area contributed by atoms with E-state index in [4.69, 9.17) is 0 Å². The lowest BCUT2D eigenvalue weighted by molar-refractivity contribution is 0.247. The first-order chi connectivity index (χ1) is 11.3. The highest BCUT2D eigenvalue weighted by atomic mass is 15.3. The number of H-pyrrole nitrogens is 1. The molecule has 0 spiro atoms. The van der Waals surface area contributed by atoms with Crippen molar-refractivity contribution in [3.8, 4) is 0 Å². The number of hydrogen-bond acceptors (Lipinski definition) is 3. The van der Waals surface area contributed by atoms with Gasteiger partial charge < -0.3 is 9.88 Å². The zero-order chi connectivity index (χ0) is 15.6. The van der Waals surface area contributed by atoms with Crippen LogP contribution in [0.3, 0.4) is 0 Å². The molecule has 0 atom stereocenters. The highest BCUT2D eigenvalue weighted by molar-refractivity contribution is 5.80. The van der Waals surface area contributed by atoms with Crippen molar-refractivity contribution in [2.75, 3.05) is 31.1 Å². The van der Waals surface area contributed by atoms with Crippen molar-refractivity contribution in [1.82, 2.24) is 14.9 Å². The predicted molar refractivity (Wildman–Crippen MR) is 94.8 cm³/mol. The van der Waals surface area contributed by atoms with Gasteiger partial charge in [-0.15, -0.1) is 0 Å². The first-order valence-corrected chi connectivity index (χ1v) is 8.24. The predicted octanol–water partition coefficient (Wildman–Crippen LogP) is 3.19. The minimum atomic E-state index is 0.998. The van der Waals surface area contributed by atoms with Gasteiger partial charge in [0.2, 0.25) is 0 Å². The van der Waals surface area contributed by atoms with Gasteiger partial charge in [-0.3, -0.25) is 9.88 Å². The molecule has 3 heterocycles. The number of para-hydroxylation sites is 1. The number of fused-ring (bicyclic) bond motifs is 1. The van der Waals surface area contributed by atoms with Crippen molar-refractivity contribution < 1.29 is 0 Å². The number of aromatic amines is 1. The fraction of sp³-hybridized carbons (Fsp3) is 0.316. The average Bonchev–Trinajstić information content (AvgIpc) is 2.98. The van der Waals surface area contributed by atoms with Gasteiger partial charge in [0.05, 0.1) is 0 Å². The lowest BCUT2D eigenvalue weighted by Crippen LogP contribution is -2.46. The standard InChI is InChI=1S/C19H22N4/c1-15-13-20-7-6-19(15)23-10-8-22(9-11-23)14-17-12-16-4-2-3-5-18(16)21-17/h2-7,12-13,21H,8-11,14H2,1H3. The zero-order valence-electron chi connectivity index (χ0n) is 13.5. The molecule has 0 aliphatic carbocycles. The van der Waals surface area contributed by atoms with Crippen molar-refractivity contribution in [1.29, 1.82) is 0 Å². The van der Waals surface area contributed by atoms with E-state index in [0.29, 0.717) is 0 Å². The summed E-state index contributed by atoms with van der Waals surface area (Å²) in [5.74, 6) is 0. The third-order valence-corrected chi connectivity index (χ3v) is 4.68. The van der Waals surface area contributed by atoms with Crippen LogP contribution in [0.5, 0.6) is 0 Å². The second-order valence-corrected chi connectivity index (χ2v) is 6.31. The van der Waals surface area contributed by atoms with Crippen LogP contribution in [0.2, 0.25) is 0 Å². The maximum atomic E-state index is 4.19. The van der Waals surface area contributed by atoms with Crippen LogP contribution in [0.1, 0.15) is 11.3 Å². The normalized spacial score (nSPS) is 16.1. The molecule has 23 heavy (non-hydrogen) atoms. The van der Waals surface area contributed by atoms with Crippen LogP contribution < -0.4 is 4.90 Å². The number of piperazine rings is 1. The first kappa shape index (κ1) is 14.3. The van der Waals surface area contributed by atoms with E-state index in [2.05, 4.69) is 63.1 Å². The third kappa shape index (κ3) is 2.94. The Morgan fingerprint density at radius 3 is 2.70 bits per heavy atom. The Hall–Kier alpha value is -2.33. The Labute approximate surface area is 136 Å². The summed E-state index contributed by atoms with van der Waals surface area (Å²) in [6, 6.07) is 12.9. The second kappa shape index (κ2) is 6.05. The van der Waals surface area contributed by atoms with E-state index in [0.717, 1.165) is 32.7 Å². The minimum absolute atomic E-state index is 0.998. The summed E-state index contributed by atoms with van der Waals surface area (Å²) >= 11 is 0. The largest absolute Gasteiger partial charge is 0.369 e. The molecular weight excluding hydrogens is 284 g/mol. The van der Waals surface area contributed by atoms with Gasteiger partial charge >= 0.3 is 0 Å². The topological polar surface area (TPSA) is 35.2 Å². The Morgan fingerprint density at radius 1 is 1.09 bits per heavy atom. The highest BCUT2D eigenvalue weighted by Gasteiger charge is 2.18. The van der Waals surface area contributed by atoms with Gasteiger partial charge in [0.25, 0.3) is 0 Å². The lowest BCUT2D eigenvalue weighted by Gasteiger charge is -2.36. The first-order valence-electron chi connectivity index (χ1n) is 8.24. The van der Waals surface area contributed by atoms with Gasteiger partial charge in [0, 0.05) is 62.0 Å². The molecule has 1 aromatic carbocycles. The number of pyridine rings is 1. The number of aromatic nitrogens is 2. The molecule has 1 N–H and O–H groups in total. The summed E-state index contributed by atoms with van der Waals surface area (Å²) in [7, 11) is 0. The van der Waals surface area contributed by atoms with E-state index in [1.165, 1.54) is 27.8 Å². The van der Waals surface area contributed by atoms with Crippen molar-refractivity contribution >= 4 is 16.6 Å². The smallest absolute Gasteiger partial charge is 0.0456 e.